The molecule has 0 unspecified atom stereocenters. The molecule has 16 heavy (non-hydrogen) atoms. The molecule has 0 saturated carbocycles. The summed E-state index contributed by atoms with van der Waals surface area (Å²) in [6, 6.07) is 4.50. The van der Waals surface area contributed by atoms with Crippen LogP contribution in [0.3, 0.4) is 0 Å². The Morgan fingerprint density at radius 3 is 2.94 bits per heavy atom. The molecule has 1 amide bonds. The van der Waals surface area contributed by atoms with Crippen LogP contribution >= 0.6 is 0 Å². The summed E-state index contributed by atoms with van der Waals surface area (Å²) in [5.41, 5.74) is 0.816. The molecule has 0 atom stereocenters. The Bertz CT molecular complexity index is 469. The van der Waals surface area contributed by atoms with Gasteiger partial charge in [-0.1, -0.05) is 11.8 Å². The summed E-state index contributed by atoms with van der Waals surface area (Å²) < 4.78 is 0. The lowest BCUT2D eigenvalue weighted by atomic mass is 10.1. The summed E-state index contributed by atoms with van der Waals surface area (Å²) >= 11 is 0. The molecule has 1 rings (SSSR count). The van der Waals surface area contributed by atoms with Gasteiger partial charge in [-0.15, -0.1) is 0 Å². The highest BCUT2D eigenvalue weighted by molar-refractivity contribution is 5.79. The van der Waals surface area contributed by atoms with Crippen LogP contribution < -0.4 is 5.32 Å². The molecule has 4 heteroatoms. The van der Waals surface area contributed by atoms with Crippen molar-refractivity contribution in [2.45, 2.75) is 6.92 Å². The van der Waals surface area contributed by atoms with E-state index in [4.69, 9.17) is 0 Å². The highest BCUT2D eigenvalue weighted by Gasteiger charge is 1.99. The van der Waals surface area contributed by atoms with E-state index in [0.717, 1.165) is 0 Å². The topological polar surface area (TPSA) is 66.4 Å². The van der Waals surface area contributed by atoms with Crippen LogP contribution in [0.5, 0.6) is 5.75 Å². The molecule has 0 aliphatic rings. The molecule has 0 aliphatic heterocycles. The lowest BCUT2D eigenvalue weighted by molar-refractivity contribution is -0.118. The molecule has 0 bridgehead atoms. The molecule has 0 heterocycles. The van der Waals surface area contributed by atoms with Crippen LogP contribution in [0.15, 0.2) is 18.2 Å². The molecular formula is C12H11NO3. The van der Waals surface area contributed by atoms with Gasteiger partial charge in [0.15, 0.2) is 6.29 Å². The number of rotatable bonds is 2. The molecule has 0 aliphatic carbocycles. The van der Waals surface area contributed by atoms with Gasteiger partial charge in [0.2, 0.25) is 5.91 Å². The summed E-state index contributed by atoms with van der Waals surface area (Å²) in [6.45, 7) is 1.67. The first-order valence-electron chi connectivity index (χ1n) is 4.65. The van der Waals surface area contributed by atoms with Gasteiger partial charge in [0.1, 0.15) is 5.75 Å². The van der Waals surface area contributed by atoms with E-state index in [1.807, 2.05) is 0 Å². The second-order valence-corrected chi connectivity index (χ2v) is 3.10. The number of phenols is 1. The minimum absolute atomic E-state index is 0.0672. The number of hydrogen-bond acceptors (Lipinski definition) is 3. The lowest BCUT2D eigenvalue weighted by Crippen LogP contribution is -2.19. The zero-order chi connectivity index (χ0) is 12.0. The molecule has 1 aromatic carbocycles. The molecule has 1 aromatic rings. The average molecular weight is 217 g/mol. The van der Waals surface area contributed by atoms with Crippen molar-refractivity contribution in [1.82, 2.24) is 5.32 Å². The quantitative estimate of drug-likeness (QED) is 0.566. The zero-order valence-corrected chi connectivity index (χ0v) is 8.78. The number of benzene rings is 1. The van der Waals surface area contributed by atoms with Gasteiger partial charge >= 0.3 is 0 Å². The van der Waals surface area contributed by atoms with Crippen molar-refractivity contribution < 1.29 is 14.7 Å². The van der Waals surface area contributed by atoms with E-state index in [0.29, 0.717) is 11.8 Å². The number of hydrogen-bond donors (Lipinski definition) is 2. The molecule has 2 N–H and O–H groups in total. The van der Waals surface area contributed by atoms with Crippen LogP contribution in [-0.2, 0) is 4.79 Å². The van der Waals surface area contributed by atoms with Gasteiger partial charge in [0, 0.05) is 12.5 Å². The Morgan fingerprint density at radius 1 is 1.56 bits per heavy atom. The van der Waals surface area contributed by atoms with Crippen LogP contribution in [0.2, 0.25) is 0 Å². The van der Waals surface area contributed by atoms with Crippen LogP contribution in [-0.4, -0.2) is 23.8 Å². The largest absolute Gasteiger partial charge is 0.507 e. The zero-order valence-electron chi connectivity index (χ0n) is 8.78. The number of amides is 1. The second-order valence-electron chi connectivity index (χ2n) is 3.10. The van der Waals surface area contributed by atoms with Gasteiger partial charge in [0.25, 0.3) is 0 Å². The van der Waals surface area contributed by atoms with Gasteiger partial charge in [0.05, 0.1) is 12.1 Å². The normalized spacial score (nSPS) is 8.81. The molecule has 0 saturated heterocycles. The van der Waals surface area contributed by atoms with Crippen molar-refractivity contribution in [3.63, 3.8) is 0 Å². The predicted octanol–water partition coefficient (Wildman–Crippen LogP) is 0.692. The smallest absolute Gasteiger partial charge is 0.217 e. The highest BCUT2D eigenvalue weighted by atomic mass is 16.3. The van der Waals surface area contributed by atoms with Crippen molar-refractivity contribution in [3.05, 3.63) is 29.3 Å². The molecular weight excluding hydrogens is 206 g/mol. The molecule has 82 valence electrons. The standard InChI is InChI=1S/C12H11NO3/c1-9(15)13-6-2-3-10-4-5-12(16)11(7-10)8-14/h4-5,7-8,16H,6H2,1H3,(H,13,15). The van der Waals surface area contributed by atoms with E-state index >= 15 is 0 Å². The summed E-state index contributed by atoms with van der Waals surface area (Å²) in [5.74, 6) is 5.28. The monoisotopic (exact) mass is 217 g/mol. The molecule has 0 fully saturated rings. The van der Waals surface area contributed by atoms with Gasteiger partial charge < -0.3 is 10.4 Å². The van der Waals surface area contributed by atoms with E-state index in [2.05, 4.69) is 17.2 Å². The predicted molar refractivity (Wildman–Crippen MR) is 59.1 cm³/mol. The van der Waals surface area contributed by atoms with Gasteiger partial charge in [-0.25, -0.2) is 0 Å². The van der Waals surface area contributed by atoms with Crippen LogP contribution in [0, 0.1) is 11.8 Å². The Balaban J connectivity index is 2.74. The van der Waals surface area contributed by atoms with Crippen LogP contribution in [0.1, 0.15) is 22.8 Å². The fraction of sp³-hybridized carbons (Fsp3) is 0.167. The van der Waals surface area contributed by atoms with Crippen LogP contribution in [0.4, 0.5) is 0 Å². The Labute approximate surface area is 93.3 Å². The second kappa shape index (κ2) is 5.56. The third-order valence-electron chi connectivity index (χ3n) is 1.81. The average Bonchev–Trinajstić information content (AvgIpc) is 2.26. The first-order chi connectivity index (χ1) is 7.63. The SMILES string of the molecule is CC(=O)NCC#Cc1ccc(O)c(C=O)c1. The Morgan fingerprint density at radius 2 is 2.31 bits per heavy atom. The molecule has 0 spiro atoms. The maximum Gasteiger partial charge on any atom is 0.217 e. The minimum atomic E-state index is -0.145. The molecule has 0 radical (unpaired) electrons. The maximum absolute atomic E-state index is 10.5. The van der Waals surface area contributed by atoms with E-state index in [1.54, 1.807) is 6.07 Å². The number of carbonyl (C=O) groups is 2. The van der Waals surface area contributed by atoms with Crippen LogP contribution in [0.25, 0.3) is 0 Å². The Hall–Kier alpha value is -2.28. The summed E-state index contributed by atoms with van der Waals surface area (Å²) in [5, 5.41) is 11.8. The fourth-order valence-corrected chi connectivity index (χ4v) is 1.04. The molecule has 0 aromatic heterocycles. The number of aromatic hydroxyl groups is 1. The molecule has 4 nitrogen and oxygen atoms in total. The van der Waals surface area contributed by atoms with Gasteiger partial charge in [-0.05, 0) is 18.2 Å². The summed E-state index contributed by atoms with van der Waals surface area (Å²) in [4.78, 5) is 21.1. The van der Waals surface area contributed by atoms with E-state index < -0.39 is 0 Å². The number of phenolic OH excluding ortho intramolecular Hbond substituents is 1. The maximum atomic E-state index is 10.5. The van der Waals surface area contributed by atoms with Crippen molar-refractivity contribution >= 4 is 12.2 Å². The van der Waals surface area contributed by atoms with Gasteiger partial charge in [-0.2, -0.15) is 0 Å². The third kappa shape index (κ3) is 3.46. The summed E-state index contributed by atoms with van der Waals surface area (Å²) in [7, 11) is 0. The Kier molecular flexibility index (Phi) is 4.10. The number of carbonyl (C=O) groups excluding carboxylic acids is 2. The van der Waals surface area contributed by atoms with E-state index in [9.17, 15) is 14.7 Å². The summed E-state index contributed by atoms with van der Waals surface area (Å²) in [6.07, 6.45) is 0.564. The van der Waals surface area contributed by atoms with Gasteiger partial charge in [-0.3, -0.25) is 9.59 Å². The number of aldehydes is 1. The minimum Gasteiger partial charge on any atom is -0.507 e. The first-order valence-corrected chi connectivity index (χ1v) is 4.65. The van der Waals surface area contributed by atoms with Crippen molar-refractivity contribution in [3.8, 4) is 17.6 Å². The number of nitrogens with one attached hydrogen (secondary N) is 1. The van der Waals surface area contributed by atoms with Crippen molar-refractivity contribution in [2.24, 2.45) is 0 Å². The lowest BCUT2D eigenvalue weighted by Gasteiger charge is -1.97. The van der Waals surface area contributed by atoms with E-state index in [-0.39, 0.29) is 23.8 Å². The fourth-order valence-electron chi connectivity index (χ4n) is 1.04. The highest BCUT2D eigenvalue weighted by Crippen LogP contribution is 2.15. The van der Waals surface area contributed by atoms with Crippen molar-refractivity contribution in [1.29, 1.82) is 0 Å². The first kappa shape index (κ1) is 11.8. The van der Waals surface area contributed by atoms with Crippen molar-refractivity contribution in [2.75, 3.05) is 6.54 Å². The van der Waals surface area contributed by atoms with E-state index in [1.165, 1.54) is 19.1 Å². The third-order valence-corrected chi connectivity index (χ3v) is 1.81.